The summed E-state index contributed by atoms with van der Waals surface area (Å²) < 4.78 is 2.51. The first-order chi connectivity index (χ1) is 13.0. The summed E-state index contributed by atoms with van der Waals surface area (Å²) in [6, 6.07) is 19.6. The summed E-state index contributed by atoms with van der Waals surface area (Å²) in [5.74, 6) is 0.0300. The molecule has 0 fully saturated rings. The number of aryl methyl sites for hydroxylation is 2. The van der Waals surface area contributed by atoms with E-state index < -0.39 is 0 Å². The fourth-order valence-electron chi connectivity index (χ4n) is 3.25. The van der Waals surface area contributed by atoms with E-state index in [-0.39, 0.29) is 11.5 Å². The molecular formula is C22H21BrN2O2. The topological polar surface area (TPSA) is 54.6 Å². The zero-order valence-electron chi connectivity index (χ0n) is 15.3. The van der Waals surface area contributed by atoms with Gasteiger partial charge in [-0.05, 0) is 41.8 Å². The Hall–Kier alpha value is -2.66. The second-order valence-corrected chi connectivity index (χ2v) is 7.49. The summed E-state index contributed by atoms with van der Waals surface area (Å²) in [5, 5.41) is 13.2. The number of hydrogen-bond donors (Lipinski definition) is 1. The molecule has 1 unspecified atom stereocenters. The molecule has 0 amide bonds. The molecule has 4 nitrogen and oxygen atoms in total. The molecule has 0 saturated carbocycles. The van der Waals surface area contributed by atoms with Gasteiger partial charge in [-0.1, -0.05) is 57.5 Å². The highest BCUT2D eigenvalue weighted by molar-refractivity contribution is 9.10. The highest BCUT2D eigenvalue weighted by Gasteiger charge is 2.20. The third kappa shape index (κ3) is 4.37. The summed E-state index contributed by atoms with van der Waals surface area (Å²) >= 11 is 3.49. The average molecular weight is 425 g/mol. The maximum atomic E-state index is 11.7. The van der Waals surface area contributed by atoms with E-state index >= 15 is 0 Å². The Morgan fingerprint density at radius 3 is 2.44 bits per heavy atom. The SMILES string of the molecule is Cc1ccccc1C(C/C(=N\O)c1ccc(=O)n(C)c1)c1ccc(Br)cc1. The van der Waals surface area contributed by atoms with Crippen molar-refractivity contribution in [1.29, 1.82) is 0 Å². The van der Waals surface area contributed by atoms with Crippen LogP contribution >= 0.6 is 15.9 Å². The third-order valence-electron chi connectivity index (χ3n) is 4.77. The number of benzene rings is 2. The first-order valence-electron chi connectivity index (χ1n) is 8.68. The Kier molecular flexibility index (Phi) is 5.91. The van der Waals surface area contributed by atoms with Crippen molar-refractivity contribution in [2.24, 2.45) is 12.2 Å². The number of hydrogen-bond acceptors (Lipinski definition) is 3. The zero-order valence-corrected chi connectivity index (χ0v) is 16.8. The lowest BCUT2D eigenvalue weighted by atomic mass is 9.83. The van der Waals surface area contributed by atoms with Crippen molar-refractivity contribution in [3.05, 3.63) is 104 Å². The van der Waals surface area contributed by atoms with E-state index in [0.29, 0.717) is 12.1 Å². The predicted octanol–water partition coefficient (Wildman–Crippen LogP) is 4.86. The molecule has 0 aliphatic carbocycles. The number of aromatic nitrogens is 1. The van der Waals surface area contributed by atoms with Crippen LogP contribution in [0.3, 0.4) is 0 Å². The summed E-state index contributed by atoms with van der Waals surface area (Å²) in [7, 11) is 1.69. The molecule has 0 spiro atoms. The Labute approximate surface area is 166 Å². The molecule has 1 atom stereocenters. The molecule has 2 aromatic carbocycles. The van der Waals surface area contributed by atoms with Crippen LogP contribution in [0.5, 0.6) is 0 Å². The smallest absolute Gasteiger partial charge is 0.250 e. The van der Waals surface area contributed by atoms with Crippen LogP contribution in [-0.2, 0) is 7.05 Å². The van der Waals surface area contributed by atoms with Crippen LogP contribution in [0.25, 0.3) is 0 Å². The second-order valence-electron chi connectivity index (χ2n) is 6.58. The van der Waals surface area contributed by atoms with Gasteiger partial charge in [-0.15, -0.1) is 0 Å². The Morgan fingerprint density at radius 1 is 1.11 bits per heavy atom. The van der Waals surface area contributed by atoms with Gasteiger partial charge in [-0.2, -0.15) is 0 Å². The van der Waals surface area contributed by atoms with Crippen molar-refractivity contribution in [1.82, 2.24) is 4.57 Å². The first-order valence-corrected chi connectivity index (χ1v) is 9.48. The summed E-state index contributed by atoms with van der Waals surface area (Å²) in [4.78, 5) is 11.7. The second kappa shape index (κ2) is 8.35. The number of pyridine rings is 1. The lowest BCUT2D eigenvalue weighted by Gasteiger charge is -2.21. The van der Waals surface area contributed by atoms with Gasteiger partial charge in [-0.3, -0.25) is 4.79 Å². The Balaban J connectivity index is 2.04. The molecule has 138 valence electrons. The van der Waals surface area contributed by atoms with Crippen LogP contribution < -0.4 is 5.56 Å². The Morgan fingerprint density at radius 2 is 1.81 bits per heavy atom. The molecule has 1 aromatic heterocycles. The van der Waals surface area contributed by atoms with Crippen LogP contribution in [0.2, 0.25) is 0 Å². The molecule has 1 N–H and O–H groups in total. The fourth-order valence-corrected chi connectivity index (χ4v) is 3.52. The molecule has 0 bridgehead atoms. The van der Waals surface area contributed by atoms with Gasteiger partial charge in [0.15, 0.2) is 0 Å². The van der Waals surface area contributed by atoms with Crippen molar-refractivity contribution in [2.75, 3.05) is 0 Å². The standard InChI is InChI=1S/C22H21BrN2O2/c1-15-5-3-4-6-19(15)20(16-7-10-18(23)11-8-16)13-21(24-27)17-9-12-22(26)25(2)14-17/h3-12,14,20,27H,13H2,1-2H3/b24-21+. The highest BCUT2D eigenvalue weighted by atomic mass is 79.9. The van der Waals surface area contributed by atoms with Crippen LogP contribution in [0.1, 0.15) is 34.6 Å². The number of nitrogens with zero attached hydrogens (tertiary/aromatic N) is 2. The van der Waals surface area contributed by atoms with Crippen molar-refractivity contribution in [2.45, 2.75) is 19.3 Å². The van der Waals surface area contributed by atoms with Gasteiger partial charge in [-0.25, -0.2) is 0 Å². The van der Waals surface area contributed by atoms with E-state index in [0.717, 1.165) is 15.6 Å². The van der Waals surface area contributed by atoms with Crippen molar-refractivity contribution >= 4 is 21.6 Å². The minimum absolute atomic E-state index is 0.0300. The van der Waals surface area contributed by atoms with Crippen LogP contribution in [-0.4, -0.2) is 15.5 Å². The minimum Gasteiger partial charge on any atom is -0.411 e. The van der Waals surface area contributed by atoms with Gasteiger partial charge in [0, 0.05) is 41.7 Å². The quantitative estimate of drug-likeness (QED) is 0.361. The van der Waals surface area contributed by atoms with Gasteiger partial charge in [0.25, 0.3) is 0 Å². The molecular weight excluding hydrogens is 404 g/mol. The summed E-state index contributed by atoms with van der Waals surface area (Å²) in [6.45, 7) is 2.09. The number of oxime groups is 1. The molecule has 5 heteroatoms. The molecule has 0 saturated heterocycles. The van der Waals surface area contributed by atoms with Gasteiger partial charge in [0.1, 0.15) is 0 Å². The summed E-state index contributed by atoms with van der Waals surface area (Å²) in [5.41, 5.74) is 4.68. The monoisotopic (exact) mass is 424 g/mol. The average Bonchev–Trinajstić information content (AvgIpc) is 2.67. The molecule has 27 heavy (non-hydrogen) atoms. The maximum Gasteiger partial charge on any atom is 0.250 e. The largest absolute Gasteiger partial charge is 0.411 e. The molecule has 1 heterocycles. The van der Waals surface area contributed by atoms with E-state index in [2.05, 4.69) is 52.3 Å². The lowest BCUT2D eigenvalue weighted by molar-refractivity contribution is 0.317. The van der Waals surface area contributed by atoms with Crippen molar-refractivity contribution in [3.8, 4) is 0 Å². The molecule has 3 aromatic rings. The predicted molar refractivity (Wildman–Crippen MR) is 112 cm³/mol. The molecule has 0 radical (unpaired) electrons. The van der Waals surface area contributed by atoms with Gasteiger partial charge >= 0.3 is 0 Å². The van der Waals surface area contributed by atoms with E-state index in [1.54, 1.807) is 19.3 Å². The minimum atomic E-state index is -0.0978. The van der Waals surface area contributed by atoms with Gasteiger partial charge in [0.05, 0.1) is 5.71 Å². The third-order valence-corrected chi connectivity index (χ3v) is 5.30. The summed E-state index contributed by atoms with van der Waals surface area (Å²) in [6.07, 6.45) is 2.22. The number of halogens is 1. The number of rotatable bonds is 5. The fraction of sp³-hybridized carbons (Fsp3) is 0.182. The Bertz CT molecular complexity index is 1020. The van der Waals surface area contributed by atoms with E-state index in [4.69, 9.17) is 0 Å². The van der Waals surface area contributed by atoms with Crippen molar-refractivity contribution < 1.29 is 5.21 Å². The highest BCUT2D eigenvalue weighted by Crippen LogP contribution is 2.32. The van der Waals surface area contributed by atoms with Gasteiger partial charge < -0.3 is 9.77 Å². The van der Waals surface area contributed by atoms with Crippen LogP contribution in [0.4, 0.5) is 0 Å². The molecule has 3 rings (SSSR count). The normalized spacial score (nSPS) is 12.8. The molecule has 0 aliphatic rings. The van der Waals surface area contributed by atoms with Crippen molar-refractivity contribution in [3.63, 3.8) is 0 Å². The van der Waals surface area contributed by atoms with Crippen LogP contribution in [0.15, 0.2) is 81.3 Å². The zero-order chi connectivity index (χ0) is 19.4. The van der Waals surface area contributed by atoms with Crippen LogP contribution in [0, 0.1) is 6.92 Å². The first kappa shape index (κ1) is 19.1. The maximum absolute atomic E-state index is 11.7. The van der Waals surface area contributed by atoms with E-state index in [9.17, 15) is 10.0 Å². The van der Waals surface area contributed by atoms with E-state index in [1.807, 2.05) is 24.3 Å². The lowest BCUT2D eigenvalue weighted by Crippen LogP contribution is -2.18. The van der Waals surface area contributed by atoms with Gasteiger partial charge in [0.2, 0.25) is 5.56 Å². The molecule has 0 aliphatic heterocycles. The van der Waals surface area contributed by atoms with E-state index in [1.165, 1.54) is 21.8 Å².